The number of benzene rings is 3. The number of hydrogen-bond donors (Lipinski definition) is 2. The first-order valence-corrected chi connectivity index (χ1v) is 12.2. The predicted molar refractivity (Wildman–Crippen MR) is 130 cm³/mol. The molecule has 1 unspecified atom stereocenters. The molecule has 4 rings (SSSR count). The van der Waals surface area contributed by atoms with Crippen molar-refractivity contribution in [2.75, 3.05) is 0 Å². The van der Waals surface area contributed by atoms with Crippen LogP contribution in [0.3, 0.4) is 0 Å². The maximum absolute atomic E-state index is 15.1. The van der Waals surface area contributed by atoms with Crippen molar-refractivity contribution in [1.82, 2.24) is 0 Å². The van der Waals surface area contributed by atoms with E-state index in [4.69, 9.17) is 4.74 Å². The zero-order valence-electron chi connectivity index (χ0n) is 20.0. The van der Waals surface area contributed by atoms with E-state index in [0.29, 0.717) is 43.2 Å². The summed E-state index contributed by atoms with van der Waals surface area (Å²) in [6.07, 6.45) is 2.32. The number of aromatic hydroxyl groups is 1. The van der Waals surface area contributed by atoms with Gasteiger partial charge in [-0.2, -0.15) is 0 Å². The first kappa shape index (κ1) is 25.8. The molecule has 4 nitrogen and oxygen atoms in total. The van der Waals surface area contributed by atoms with Crippen LogP contribution in [0.5, 0.6) is 5.75 Å². The molecule has 0 heterocycles. The molecule has 1 saturated carbocycles. The van der Waals surface area contributed by atoms with Crippen molar-refractivity contribution in [3.05, 3.63) is 88.7 Å². The zero-order valence-corrected chi connectivity index (χ0v) is 20.0. The standard InChI is InChI=1S/C29H29F3O4/c1-2-3-26(34)19-6-4-17(5-7-19)22-14-15-23(28(32)27(22)31)18-8-11-21(12-9-18)36-29(35)24-13-10-20(33)16-25(24)30/h4-7,10,13-16,18,21,26,33-34H,2-3,8-9,11-12H2,1H3. The van der Waals surface area contributed by atoms with Crippen molar-refractivity contribution in [2.45, 2.75) is 63.6 Å². The van der Waals surface area contributed by atoms with E-state index in [1.165, 1.54) is 12.1 Å². The zero-order chi connectivity index (χ0) is 25.8. The lowest BCUT2D eigenvalue weighted by atomic mass is 9.82. The highest BCUT2D eigenvalue weighted by Crippen LogP contribution is 2.38. The van der Waals surface area contributed by atoms with E-state index in [9.17, 15) is 19.4 Å². The van der Waals surface area contributed by atoms with Gasteiger partial charge in [0.15, 0.2) is 11.6 Å². The summed E-state index contributed by atoms with van der Waals surface area (Å²) < 4.78 is 49.4. The van der Waals surface area contributed by atoms with Crippen LogP contribution >= 0.6 is 0 Å². The lowest BCUT2D eigenvalue weighted by molar-refractivity contribution is 0.0189. The fourth-order valence-electron chi connectivity index (χ4n) is 4.80. The summed E-state index contributed by atoms with van der Waals surface area (Å²) in [7, 11) is 0. The summed E-state index contributed by atoms with van der Waals surface area (Å²) in [5, 5.41) is 19.4. The Kier molecular flexibility index (Phi) is 7.99. The molecule has 0 aromatic heterocycles. The lowest BCUT2D eigenvalue weighted by Gasteiger charge is -2.29. The van der Waals surface area contributed by atoms with Crippen molar-refractivity contribution in [2.24, 2.45) is 0 Å². The maximum atomic E-state index is 15.1. The normalized spacial score (nSPS) is 18.6. The fraction of sp³-hybridized carbons (Fsp3) is 0.345. The van der Waals surface area contributed by atoms with Crippen molar-refractivity contribution < 1.29 is 32.9 Å². The molecule has 190 valence electrons. The monoisotopic (exact) mass is 498 g/mol. The molecule has 3 aromatic rings. The second-order valence-corrected chi connectivity index (χ2v) is 9.30. The van der Waals surface area contributed by atoms with Crippen molar-refractivity contribution >= 4 is 5.97 Å². The molecule has 1 aliphatic carbocycles. The molecule has 1 aliphatic rings. The quantitative estimate of drug-likeness (QED) is 0.338. The third kappa shape index (κ3) is 5.57. The van der Waals surface area contributed by atoms with Crippen molar-refractivity contribution in [3.63, 3.8) is 0 Å². The Morgan fingerprint density at radius 1 is 0.972 bits per heavy atom. The molecule has 1 atom stereocenters. The lowest BCUT2D eigenvalue weighted by Crippen LogP contribution is -2.24. The largest absolute Gasteiger partial charge is 0.508 e. The molecule has 2 N–H and O–H groups in total. The molecule has 3 aromatic carbocycles. The summed E-state index contributed by atoms with van der Waals surface area (Å²) in [6, 6.07) is 13.2. The third-order valence-electron chi connectivity index (χ3n) is 6.84. The van der Waals surface area contributed by atoms with Gasteiger partial charge in [-0.1, -0.05) is 49.7 Å². The van der Waals surface area contributed by atoms with E-state index < -0.39 is 35.6 Å². The highest BCUT2D eigenvalue weighted by Gasteiger charge is 2.29. The second-order valence-electron chi connectivity index (χ2n) is 9.30. The van der Waals surface area contributed by atoms with Gasteiger partial charge in [0.05, 0.1) is 11.7 Å². The molecule has 36 heavy (non-hydrogen) atoms. The molecule has 0 saturated heterocycles. The minimum absolute atomic E-state index is 0.159. The molecule has 0 bridgehead atoms. The van der Waals surface area contributed by atoms with Crippen LogP contribution in [-0.4, -0.2) is 22.3 Å². The summed E-state index contributed by atoms with van der Waals surface area (Å²) in [5.74, 6) is -3.98. The van der Waals surface area contributed by atoms with Crippen LogP contribution in [0.2, 0.25) is 0 Å². The number of carbonyl (C=O) groups is 1. The topological polar surface area (TPSA) is 66.8 Å². The van der Waals surface area contributed by atoms with E-state index in [0.717, 1.165) is 18.1 Å². The SMILES string of the molecule is CCCC(O)c1ccc(-c2ccc(C3CCC(OC(=O)c4ccc(O)cc4F)CC3)c(F)c2F)cc1. The minimum Gasteiger partial charge on any atom is -0.508 e. The predicted octanol–water partition coefficient (Wildman–Crippen LogP) is 7.19. The van der Waals surface area contributed by atoms with Gasteiger partial charge >= 0.3 is 5.97 Å². The van der Waals surface area contributed by atoms with Crippen molar-refractivity contribution in [1.29, 1.82) is 0 Å². The van der Waals surface area contributed by atoms with Gasteiger partial charge in [-0.3, -0.25) is 0 Å². The first-order valence-electron chi connectivity index (χ1n) is 12.2. The fourth-order valence-corrected chi connectivity index (χ4v) is 4.80. The van der Waals surface area contributed by atoms with Crippen LogP contribution in [0.1, 0.15) is 79.0 Å². The molecule has 1 fully saturated rings. The average Bonchev–Trinajstić information content (AvgIpc) is 2.86. The first-order chi connectivity index (χ1) is 17.3. The van der Waals surface area contributed by atoms with E-state index in [-0.39, 0.29) is 22.8 Å². The number of phenols is 1. The van der Waals surface area contributed by atoms with Gasteiger partial charge in [0.1, 0.15) is 17.7 Å². The number of esters is 1. The van der Waals surface area contributed by atoms with Crippen molar-refractivity contribution in [3.8, 4) is 16.9 Å². The number of aliphatic hydroxyl groups excluding tert-OH is 1. The molecular weight excluding hydrogens is 469 g/mol. The Labute approximate surface area is 208 Å². The summed E-state index contributed by atoms with van der Waals surface area (Å²) in [5.41, 5.74) is 1.46. The van der Waals surface area contributed by atoms with Crippen LogP contribution < -0.4 is 0 Å². The number of halogens is 3. The Morgan fingerprint density at radius 3 is 2.31 bits per heavy atom. The van der Waals surface area contributed by atoms with Crippen LogP contribution in [0.25, 0.3) is 11.1 Å². The number of carbonyl (C=O) groups excluding carboxylic acids is 1. The van der Waals surface area contributed by atoms with E-state index in [1.54, 1.807) is 36.4 Å². The van der Waals surface area contributed by atoms with Crippen LogP contribution in [0, 0.1) is 17.5 Å². The smallest absolute Gasteiger partial charge is 0.341 e. The van der Waals surface area contributed by atoms with Gasteiger partial charge in [-0.25, -0.2) is 18.0 Å². The number of rotatable bonds is 7. The second kappa shape index (κ2) is 11.2. The van der Waals surface area contributed by atoms with Gasteiger partial charge < -0.3 is 14.9 Å². The summed E-state index contributed by atoms with van der Waals surface area (Å²) in [4.78, 5) is 12.3. The average molecular weight is 499 g/mol. The number of hydrogen-bond acceptors (Lipinski definition) is 4. The Bertz CT molecular complexity index is 1220. The van der Waals surface area contributed by atoms with Gasteiger partial charge in [-0.05, 0) is 66.8 Å². The number of aliphatic hydroxyl groups is 1. The summed E-state index contributed by atoms with van der Waals surface area (Å²) >= 11 is 0. The number of ether oxygens (including phenoxy) is 1. The van der Waals surface area contributed by atoms with Gasteiger partial charge in [-0.15, -0.1) is 0 Å². The highest BCUT2D eigenvalue weighted by atomic mass is 19.2. The van der Waals surface area contributed by atoms with Gasteiger partial charge in [0, 0.05) is 11.6 Å². The Morgan fingerprint density at radius 2 is 1.67 bits per heavy atom. The molecule has 7 heteroatoms. The molecule has 0 radical (unpaired) electrons. The molecular formula is C29H29F3O4. The van der Waals surface area contributed by atoms with E-state index >= 15 is 8.78 Å². The third-order valence-corrected chi connectivity index (χ3v) is 6.84. The Hall–Kier alpha value is -3.32. The highest BCUT2D eigenvalue weighted by molar-refractivity contribution is 5.90. The van der Waals surface area contributed by atoms with Crippen LogP contribution in [0.4, 0.5) is 13.2 Å². The molecule has 0 spiro atoms. The van der Waals surface area contributed by atoms with E-state index in [2.05, 4.69) is 0 Å². The van der Waals surface area contributed by atoms with Crippen LogP contribution in [-0.2, 0) is 4.74 Å². The summed E-state index contributed by atoms with van der Waals surface area (Å²) in [6.45, 7) is 1.98. The van der Waals surface area contributed by atoms with Gasteiger partial charge in [0.2, 0.25) is 0 Å². The Balaban J connectivity index is 1.41. The molecule has 0 aliphatic heterocycles. The van der Waals surface area contributed by atoms with Gasteiger partial charge in [0.25, 0.3) is 0 Å². The minimum atomic E-state index is -0.911. The maximum Gasteiger partial charge on any atom is 0.341 e. The van der Waals surface area contributed by atoms with E-state index in [1.807, 2.05) is 6.92 Å². The van der Waals surface area contributed by atoms with Crippen LogP contribution in [0.15, 0.2) is 54.6 Å². The molecule has 0 amide bonds. The number of phenolic OH excluding ortho intramolecular Hbond substituents is 1.